The van der Waals surface area contributed by atoms with E-state index in [2.05, 4.69) is 10.6 Å². The molecule has 0 saturated carbocycles. The summed E-state index contributed by atoms with van der Waals surface area (Å²) in [7, 11) is 0. The van der Waals surface area contributed by atoms with E-state index in [4.69, 9.17) is 4.74 Å². The van der Waals surface area contributed by atoms with E-state index in [1.807, 2.05) is 0 Å². The standard InChI is InChI=1S/C15H16N2O5/c1-10(18)22-9-5-8-15(11-6-3-2-4-7-11)12(19)16-14(21)17-13(15)20/h2-4,6-7H,5,8-9H2,1H3,(H2,16,17,19,20,21). The van der Waals surface area contributed by atoms with Gasteiger partial charge in [0.05, 0.1) is 6.61 Å². The molecule has 0 atom stereocenters. The summed E-state index contributed by atoms with van der Waals surface area (Å²) in [6.07, 6.45) is 0.429. The Morgan fingerprint density at radius 3 is 2.23 bits per heavy atom. The molecule has 0 radical (unpaired) electrons. The SMILES string of the molecule is CC(=O)OCCCC1(c2ccccc2)C(=O)NC(=O)NC1=O. The number of amides is 4. The molecule has 2 rings (SSSR count). The van der Waals surface area contributed by atoms with Gasteiger partial charge in [0.25, 0.3) is 0 Å². The van der Waals surface area contributed by atoms with Crippen LogP contribution < -0.4 is 10.6 Å². The predicted octanol–water partition coefficient (Wildman–Crippen LogP) is 0.634. The van der Waals surface area contributed by atoms with E-state index in [-0.39, 0.29) is 13.0 Å². The van der Waals surface area contributed by atoms with Crippen molar-refractivity contribution < 1.29 is 23.9 Å². The lowest BCUT2D eigenvalue weighted by Gasteiger charge is -2.34. The maximum atomic E-state index is 12.4. The van der Waals surface area contributed by atoms with Crippen molar-refractivity contribution in [1.29, 1.82) is 0 Å². The molecule has 0 aliphatic carbocycles. The summed E-state index contributed by atoms with van der Waals surface area (Å²) in [6.45, 7) is 1.38. The van der Waals surface area contributed by atoms with Crippen LogP contribution >= 0.6 is 0 Å². The Kier molecular flexibility index (Phi) is 4.55. The van der Waals surface area contributed by atoms with Gasteiger partial charge in [0, 0.05) is 6.92 Å². The van der Waals surface area contributed by atoms with Crippen LogP contribution in [0.4, 0.5) is 4.79 Å². The van der Waals surface area contributed by atoms with Crippen molar-refractivity contribution in [3.8, 4) is 0 Å². The molecule has 0 aromatic heterocycles. The second-order valence-corrected chi connectivity index (χ2v) is 4.95. The van der Waals surface area contributed by atoms with E-state index in [0.29, 0.717) is 12.0 Å². The average molecular weight is 304 g/mol. The summed E-state index contributed by atoms with van der Waals surface area (Å²) in [4.78, 5) is 46.8. The van der Waals surface area contributed by atoms with E-state index >= 15 is 0 Å². The van der Waals surface area contributed by atoms with E-state index in [9.17, 15) is 19.2 Å². The molecule has 1 aliphatic heterocycles. The molecule has 0 spiro atoms. The van der Waals surface area contributed by atoms with Crippen LogP contribution in [0, 0.1) is 0 Å². The van der Waals surface area contributed by atoms with Gasteiger partial charge in [-0.1, -0.05) is 30.3 Å². The maximum Gasteiger partial charge on any atom is 0.328 e. The van der Waals surface area contributed by atoms with Crippen LogP contribution in [0.25, 0.3) is 0 Å². The van der Waals surface area contributed by atoms with Crippen LogP contribution in [-0.4, -0.2) is 30.4 Å². The first kappa shape index (κ1) is 15.7. The Morgan fingerprint density at radius 2 is 1.68 bits per heavy atom. The van der Waals surface area contributed by atoms with Gasteiger partial charge in [-0.3, -0.25) is 25.0 Å². The summed E-state index contributed by atoms with van der Waals surface area (Å²) >= 11 is 0. The van der Waals surface area contributed by atoms with E-state index in [1.54, 1.807) is 30.3 Å². The largest absolute Gasteiger partial charge is 0.466 e. The Hall–Kier alpha value is -2.70. The third-order valence-corrected chi connectivity index (χ3v) is 3.50. The topological polar surface area (TPSA) is 102 Å². The molecule has 1 aromatic rings. The Morgan fingerprint density at radius 1 is 1.09 bits per heavy atom. The molecule has 116 valence electrons. The van der Waals surface area contributed by atoms with Gasteiger partial charge < -0.3 is 4.74 Å². The Bertz CT molecular complexity index is 592. The number of benzene rings is 1. The molecule has 22 heavy (non-hydrogen) atoms. The summed E-state index contributed by atoms with van der Waals surface area (Å²) in [5.41, 5.74) is -1.02. The molecule has 4 amide bonds. The zero-order chi connectivity index (χ0) is 16.2. The van der Waals surface area contributed by atoms with Gasteiger partial charge in [-0.25, -0.2) is 4.79 Å². The molecule has 1 fully saturated rings. The molecule has 1 aliphatic rings. The van der Waals surface area contributed by atoms with Gasteiger partial charge in [-0.05, 0) is 18.4 Å². The van der Waals surface area contributed by atoms with Crippen molar-refractivity contribution in [2.24, 2.45) is 0 Å². The third kappa shape index (κ3) is 2.98. The van der Waals surface area contributed by atoms with Gasteiger partial charge in [0.2, 0.25) is 11.8 Å². The maximum absolute atomic E-state index is 12.4. The van der Waals surface area contributed by atoms with Crippen LogP contribution in [-0.2, 0) is 24.5 Å². The minimum atomic E-state index is -1.50. The first-order valence-electron chi connectivity index (χ1n) is 6.82. The van der Waals surface area contributed by atoms with Crippen LogP contribution in [0.3, 0.4) is 0 Å². The number of ether oxygens (including phenoxy) is 1. The normalized spacial score (nSPS) is 16.7. The minimum absolute atomic E-state index is 0.0957. The highest BCUT2D eigenvalue weighted by molar-refractivity contribution is 6.22. The van der Waals surface area contributed by atoms with Gasteiger partial charge >= 0.3 is 12.0 Å². The van der Waals surface area contributed by atoms with Crippen molar-refractivity contribution >= 4 is 23.8 Å². The molecule has 1 saturated heterocycles. The van der Waals surface area contributed by atoms with Gasteiger partial charge in [-0.2, -0.15) is 0 Å². The minimum Gasteiger partial charge on any atom is -0.466 e. The van der Waals surface area contributed by atoms with Crippen LogP contribution in [0.5, 0.6) is 0 Å². The molecule has 0 bridgehead atoms. The quantitative estimate of drug-likeness (QED) is 0.472. The fraction of sp³-hybridized carbons (Fsp3) is 0.333. The lowest BCUT2D eigenvalue weighted by atomic mass is 9.74. The lowest BCUT2D eigenvalue weighted by molar-refractivity contribution is -0.141. The number of hydrogen-bond donors (Lipinski definition) is 2. The van der Waals surface area contributed by atoms with Crippen molar-refractivity contribution in [2.75, 3.05) is 6.61 Å². The van der Waals surface area contributed by atoms with Gasteiger partial charge in [0.1, 0.15) is 0 Å². The fourth-order valence-corrected chi connectivity index (χ4v) is 2.46. The van der Waals surface area contributed by atoms with E-state index < -0.39 is 29.2 Å². The van der Waals surface area contributed by atoms with Crippen molar-refractivity contribution in [1.82, 2.24) is 10.6 Å². The lowest BCUT2D eigenvalue weighted by Crippen LogP contribution is -2.64. The second-order valence-electron chi connectivity index (χ2n) is 4.95. The monoisotopic (exact) mass is 304 g/mol. The molecular weight excluding hydrogens is 288 g/mol. The highest BCUT2D eigenvalue weighted by Gasteiger charge is 2.51. The summed E-state index contributed by atoms with van der Waals surface area (Å²) < 4.78 is 4.84. The molecule has 1 heterocycles. The van der Waals surface area contributed by atoms with Gasteiger partial charge in [0.15, 0.2) is 5.41 Å². The fourth-order valence-electron chi connectivity index (χ4n) is 2.46. The number of carbonyl (C=O) groups excluding carboxylic acids is 4. The van der Waals surface area contributed by atoms with E-state index in [0.717, 1.165) is 0 Å². The van der Waals surface area contributed by atoms with Gasteiger partial charge in [-0.15, -0.1) is 0 Å². The molecular formula is C15H16N2O5. The number of carbonyl (C=O) groups is 4. The first-order valence-corrected chi connectivity index (χ1v) is 6.82. The number of esters is 1. The molecule has 0 unspecified atom stereocenters. The Labute approximate surface area is 127 Å². The van der Waals surface area contributed by atoms with Crippen molar-refractivity contribution in [2.45, 2.75) is 25.2 Å². The average Bonchev–Trinajstić information content (AvgIpc) is 2.46. The van der Waals surface area contributed by atoms with Crippen molar-refractivity contribution in [3.63, 3.8) is 0 Å². The molecule has 1 aromatic carbocycles. The number of barbiturate groups is 1. The number of imide groups is 2. The molecule has 2 N–H and O–H groups in total. The molecule has 7 nitrogen and oxygen atoms in total. The molecule has 7 heteroatoms. The summed E-state index contributed by atoms with van der Waals surface area (Å²) in [5, 5.41) is 4.26. The third-order valence-electron chi connectivity index (χ3n) is 3.50. The number of hydrogen-bond acceptors (Lipinski definition) is 5. The second kappa shape index (κ2) is 6.38. The number of rotatable bonds is 5. The predicted molar refractivity (Wildman–Crippen MR) is 75.7 cm³/mol. The Balaban J connectivity index is 2.29. The first-order chi connectivity index (χ1) is 10.5. The highest BCUT2D eigenvalue weighted by Crippen LogP contribution is 2.32. The zero-order valence-electron chi connectivity index (χ0n) is 12.0. The van der Waals surface area contributed by atoms with Crippen LogP contribution in [0.1, 0.15) is 25.3 Å². The zero-order valence-corrected chi connectivity index (χ0v) is 12.0. The van der Waals surface area contributed by atoms with E-state index in [1.165, 1.54) is 6.92 Å². The number of nitrogens with one attached hydrogen (secondary N) is 2. The van der Waals surface area contributed by atoms with Crippen LogP contribution in [0.15, 0.2) is 30.3 Å². The van der Waals surface area contributed by atoms with Crippen LogP contribution in [0.2, 0.25) is 0 Å². The highest BCUT2D eigenvalue weighted by atomic mass is 16.5. The smallest absolute Gasteiger partial charge is 0.328 e. The summed E-state index contributed by atoms with van der Waals surface area (Å²) in [5.74, 6) is -1.77. The number of urea groups is 1. The summed E-state index contributed by atoms with van der Waals surface area (Å²) in [6, 6.07) is 7.66. The van der Waals surface area contributed by atoms with Crippen molar-refractivity contribution in [3.05, 3.63) is 35.9 Å².